The molecule has 0 spiro atoms. The highest BCUT2D eigenvalue weighted by atomic mass is 35.5. The lowest BCUT2D eigenvalue weighted by Crippen LogP contribution is -2.24. The largest absolute Gasteiger partial charge is 0.313 e. The fourth-order valence-corrected chi connectivity index (χ4v) is 3.64. The van der Waals surface area contributed by atoms with Crippen LogP contribution in [0.2, 0.25) is 10.0 Å². The average Bonchev–Trinajstić information content (AvgIpc) is 2.49. The highest BCUT2D eigenvalue weighted by molar-refractivity contribution is 6.42. The lowest BCUT2D eigenvalue weighted by Gasteiger charge is -2.32. The smallest absolute Gasteiger partial charge is 0.0630 e. The van der Waals surface area contributed by atoms with Crippen molar-refractivity contribution in [2.75, 3.05) is 7.05 Å². The molecule has 0 amide bonds. The number of hydrogen-bond donors (Lipinski definition) is 1. The molecule has 3 rings (SSSR count). The van der Waals surface area contributed by atoms with E-state index in [0.717, 1.165) is 18.4 Å². The Hall–Kier alpha value is -0.730. The summed E-state index contributed by atoms with van der Waals surface area (Å²) in [7, 11) is 2.02. The predicted molar refractivity (Wildman–Crippen MR) is 93.0 cm³/mol. The maximum atomic E-state index is 6.42. The minimum Gasteiger partial charge on any atom is -0.313 e. The molecule has 0 aromatic heterocycles. The summed E-state index contributed by atoms with van der Waals surface area (Å²) in [6.07, 6.45) is 2.20. The fourth-order valence-electron chi connectivity index (χ4n) is 3.20. The molecule has 1 nitrogen and oxygen atoms in total. The SMILES string of the molecule is CN[C@@H]1CC[C@@H](c2cccc(Cl)c2Cl)c2ccccc21.Cl. The summed E-state index contributed by atoms with van der Waals surface area (Å²) in [5.74, 6) is 0.335. The number of nitrogens with one attached hydrogen (secondary N) is 1. The van der Waals surface area contributed by atoms with Gasteiger partial charge in [-0.2, -0.15) is 0 Å². The summed E-state index contributed by atoms with van der Waals surface area (Å²) in [4.78, 5) is 0. The lowest BCUT2D eigenvalue weighted by molar-refractivity contribution is 0.471. The Labute approximate surface area is 142 Å². The summed E-state index contributed by atoms with van der Waals surface area (Å²) in [5, 5.41) is 4.73. The Morgan fingerprint density at radius 3 is 2.29 bits per heavy atom. The van der Waals surface area contributed by atoms with E-state index >= 15 is 0 Å². The van der Waals surface area contributed by atoms with Crippen LogP contribution in [-0.4, -0.2) is 7.05 Å². The van der Waals surface area contributed by atoms with Gasteiger partial charge in [-0.05, 0) is 42.6 Å². The van der Waals surface area contributed by atoms with Crippen molar-refractivity contribution in [2.45, 2.75) is 24.8 Å². The molecule has 0 bridgehead atoms. The van der Waals surface area contributed by atoms with Gasteiger partial charge in [-0.25, -0.2) is 0 Å². The topological polar surface area (TPSA) is 12.0 Å². The average molecular weight is 343 g/mol. The second kappa shape index (κ2) is 7.02. The first-order chi connectivity index (χ1) is 9.72. The second-order valence-corrected chi connectivity index (χ2v) is 6.03. The maximum Gasteiger partial charge on any atom is 0.0630 e. The van der Waals surface area contributed by atoms with Crippen LogP contribution in [0.5, 0.6) is 0 Å². The van der Waals surface area contributed by atoms with Gasteiger partial charge in [0.05, 0.1) is 10.0 Å². The minimum absolute atomic E-state index is 0. The van der Waals surface area contributed by atoms with Gasteiger partial charge >= 0.3 is 0 Å². The van der Waals surface area contributed by atoms with Crippen molar-refractivity contribution in [3.63, 3.8) is 0 Å². The zero-order chi connectivity index (χ0) is 14.1. The molecule has 21 heavy (non-hydrogen) atoms. The van der Waals surface area contributed by atoms with Gasteiger partial charge < -0.3 is 5.32 Å². The third-order valence-electron chi connectivity index (χ3n) is 4.20. The van der Waals surface area contributed by atoms with Crippen molar-refractivity contribution < 1.29 is 0 Å². The summed E-state index contributed by atoms with van der Waals surface area (Å²) in [6, 6.07) is 15.0. The first-order valence-corrected chi connectivity index (χ1v) is 7.68. The molecular formula is C17H18Cl3N. The zero-order valence-corrected chi connectivity index (χ0v) is 14.1. The van der Waals surface area contributed by atoms with Gasteiger partial charge in [-0.3, -0.25) is 0 Å². The van der Waals surface area contributed by atoms with Crippen LogP contribution < -0.4 is 5.32 Å². The van der Waals surface area contributed by atoms with Gasteiger partial charge in [-0.15, -0.1) is 12.4 Å². The molecular weight excluding hydrogens is 325 g/mol. The Kier molecular flexibility index (Phi) is 5.56. The van der Waals surface area contributed by atoms with Crippen LogP contribution in [0.15, 0.2) is 42.5 Å². The molecule has 4 heteroatoms. The van der Waals surface area contributed by atoms with E-state index in [1.807, 2.05) is 19.2 Å². The van der Waals surface area contributed by atoms with Gasteiger partial charge in [0, 0.05) is 12.0 Å². The van der Waals surface area contributed by atoms with Crippen LogP contribution in [0.1, 0.15) is 41.5 Å². The molecule has 0 saturated carbocycles. The molecule has 0 unspecified atom stereocenters. The van der Waals surface area contributed by atoms with Crippen molar-refractivity contribution in [1.82, 2.24) is 5.32 Å². The van der Waals surface area contributed by atoms with Crippen molar-refractivity contribution in [3.8, 4) is 0 Å². The lowest BCUT2D eigenvalue weighted by atomic mass is 9.77. The summed E-state index contributed by atoms with van der Waals surface area (Å²) in [6.45, 7) is 0. The van der Waals surface area contributed by atoms with Crippen LogP contribution in [0, 0.1) is 0 Å². The van der Waals surface area contributed by atoms with Crippen molar-refractivity contribution in [1.29, 1.82) is 0 Å². The quantitative estimate of drug-likeness (QED) is 0.749. The van der Waals surface area contributed by atoms with Gasteiger partial charge in [0.15, 0.2) is 0 Å². The number of benzene rings is 2. The summed E-state index contributed by atoms with van der Waals surface area (Å²) >= 11 is 12.6. The van der Waals surface area contributed by atoms with Gasteiger partial charge in [-0.1, -0.05) is 59.6 Å². The normalized spacial score (nSPS) is 20.5. The van der Waals surface area contributed by atoms with E-state index in [1.54, 1.807) is 0 Å². The molecule has 1 aliphatic carbocycles. The highest BCUT2D eigenvalue weighted by Crippen LogP contribution is 2.44. The standard InChI is InChI=1S/C17H17Cl2N.ClH/c1-20-16-10-9-12(11-5-2-3-6-13(11)16)14-7-4-8-15(18)17(14)19;/h2-8,12,16,20H,9-10H2,1H3;1H/t12-,16-;/m1./s1. The van der Waals surface area contributed by atoms with Crippen molar-refractivity contribution in [3.05, 3.63) is 69.2 Å². The predicted octanol–water partition coefficient (Wildman–Crippen LogP) is 5.60. The number of rotatable bonds is 2. The highest BCUT2D eigenvalue weighted by Gasteiger charge is 2.28. The number of halogens is 3. The van der Waals surface area contributed by atoms with Gasteiger partial charge in [0.25, 0.3) is 0 Å². The summed E-state index contributed by atoms with van der Waals surface area (Å²) in [5.41, 5.74) is 3.88. The zero-order valence-electron chi connectivity index (χ0n) is 11.8. The van der Waals surface area contributed by atoms with E-state index < -0.39 is 0 Å². The number of fused-ring (bicyclic) bond motifs is 1. The first-order valence-electron chi connectivity index (χ1n) is 6.92. The molecule has 0 saturated heterocycles. The molecule has 0 aliphatic heterocycles. The summed E-state index contributed by atoms with van der Waals surface area (Å²) < 4.78 is 0. The third kappa shape index (κ3) is 3.07. The molecule has 1 N–H and O–H groups in total. The van der Waals surface area contributed by atoms with Gasteiger partial charge in [0.1, 0.15) is 0 Å². The molecule has 2 aromatic rings. The Morgan fingerprint density at radius 1 is 0.905 bits per heavy atom. The van der Waals surface area contributed by atoms with E-state index in [0.29, 0.717) is 22.0 Å². The Morgan fingerprint density at radius 2 is 1.57 bits per heavy atom. The van der Waals surface area contributed by atoms with Crippen molar-refractivity contribution in [2.24, 2.45) is 0 Å². The molecule has 112 valence electrons. The van der Waals surface area contributed by atoms with E-state index in [9.17, 15) is 0 Å². The van der Waals surface area contributed by atoms with E-state index in [-0.39, 0.29) is 12.4 Å². The van der Waals surface area contributed by atoms with E-state index in [4.69, 9.17) is 23.2 Å². The van der Waals surface area contributed by atoms with Crippen LogP contribution in [0.4, 0.5) is 0 Å². The van der Waals surface area contributed by atoms with Crippen LogP contribution in [-0.2, 0) is 0 Å². The Balaban J connectivity index is 0.00000161. The fraction of sp³-hybridized carbons (Fsp3) is 0.294. The monoisotopic (exact) mass is 341 g/mol. The Bertz CT molecular complexity index is 627. The van der Waals surface area contributed by atoms with Crippen LogP contribution in [0.3, 0.4) is 0 Å². The van der Waals surface area contributed by atoms with Crippen LogP contribution >= 0.6 is 35.6 Å². The molecule has 2 aromatic carbocycles. The van der Waals surface area contributed by atoms with Gasteiger partial charge in [0.2, 0.25) is 0 Å². The van der Waals surface area contributed by atoms with E-state index in [2.05, 4.69) is 35.6 Å². The third-order valence-corrected chi connectivity index (χ3v) is 5.03. The van der Waals surface area contributed by atoms with E-state index in [1.165, 1.54) is 11.1 Å². The first kappa shape index (κ1) is 16.6. The molecule has 1 aliphatic rings. The van der Waals surface area contributed by atoms with Crippen molar-refractivity contribution >= 4 is 35.6 Å². The molecule has 0 heterocycles. The number of hydrogen-bond acceptors (Lipinski definition) is 1. The molecule has 2 atom stereocenters. The molecule has 0 radical (unpaired) electrons. The minimum atomic E-state index is 0. The molecule has 0 fully saturated rings. The second-order valence-electron chi connectivity index (χ2n) is 5.24. The van der Waals surface area contributed by atoms with Crippen LogP contribution in [0.25, 0.3) is 0 Å². The maximum absolute atomic E-state index is 6.42.